The van der Waals surface area contributed by atoms with Crippen molar-refractivity contribution in [2.75, 3.05) is 17.9 Å². The van der Waals surface area contributed by atoms with Crippen molar-refractivity contribution in [1.29, 1.82) is 0 Å². The zero-order chi connectivity index (χ0) is 26.5. The standard InChI is InChI=1S/C27H30ClN3O4S/c1-19-10-13-22(14-11-19)17-30(21(3)27(33)29-4)26(32)18-31(23-15-12-20(2)25(28)16-23)36(34,35)24-8-6-5-7-9-24/h5-16,21H,17-18H2,1-4H3,(H,29,33)/t21-/m1/s1. The lowest BCUT2D eigenvalue weighted by Crippen LogP contribution is -2.50. The van der Waals surface area contributed by atoms with Gasteiger partial charge in [-0.3, -0.25) is 13.9 Å². The maximum Gasteiger partial charge on any atom is 0.264 e. The molecule has 3 aromatic carbocycles. The number of halogens is 1. The molecule has 190 valence electrons. The Balaban J connectivity index is 2.04. The fourth-order valence-electron chi connectivity index (χ4n) is 3.67. The molecule has 0 heterocycles. The van der Waals surface area contributed by atoms with Gasteiger partial charge < -0.3 is 10.2 Å². The lowest BCUT2D eigenvalue weighted by atomic mass is 10.1. The minimum absolute atomic E-state index is 0.0407. The Bertz CT molecular complexity index is 1330. The number of anilines is 1. The highest BCUT2D eigenvalue weighted by Gasteiger charge is 2.32. The predicted molar refractivity (Wildman–Crippen MR) is 142 cm³/mol. The number of sulfonamides is 1. The van der Waals surface area contributed by atoms with Crippen LogP contribution in [0.1, 0.15) is 23.6 Å². The third kappa shape index (κ3) is 6.25. The molecule has 0 aliphatic carbocycles. The Morgan fingerprint density at radius 3 is 2.19 bits per heavy atom. The quantitative estimate of drug-likeness (QED) is 0.449. The van der Waals surface area contributed by atoms with Crippen molar-refractivity contribution in [1.82, 2.24) is 10.2 Å². The Labute approximate surface area is 217 Å². The Morgan fingerprint density at radius 1 is 0.972 bits per heavy atom. The molecular weight excluding hydrogens is 498 g/mol. The first kappa shape index (κ1) is 27.2. The van der Waals surface area contributed by atoms with Crippen LogP contribution in [0.2, 0.25) is 5.02 Å². The minimum atomic E-state index is -4.12. The molecule has 0 spiro atoms. The fourth-order valence-corrected chi connectivity index (χ4v) is 5.27. The molecule has 2 amide bonds. The molecule has 0 saturated carbocycles. The smallest absolute Gasteiger partial charge is 0.264 e. The van der Waals surface area contributed by atoms with E-state index in [2.05, 4.69) is 5.32 Å². The van der Waals surface area contributed by atoms with Crippen LogP contribution < -0.4 is 9.62 Å². The van der Waals surface area contributed by atoms with Gasteiger partial charge in [-0.05, 0) is 56.2 Å². The van der Waals surface area contributed by atoms with Crippen LogP contribution in [-0.2, 0) is 26.2 Å². The monoisotopic (exact) mass is 527 g/mol. The van der Waals surface area contributed by atoms with E-state index in [9.17, 15) is 18.0 Å². The van der Waals surface area contributed by atoms with Crippen molar-refractivity contribution in [2.45, 2.75) is 38.3 Å². The van der Waals surface area contributed by atoms with Gasteiger partial charge in [0.2, 0.25) is 11.8 Å². The van der Waals surface area contributed by atoms with E-state index in [4.69, 9.17) is 11.6 Å². The SMILES string of the molecule is CNC(=O)[C@@H](C)N(Cc1ccc(C)cc1)C(=O)CN(c1ccc(C)c(Cl)c1)S(=O)(=O)c1ccccc1. The first-order chi connectivity index (χ1) is 17.0. The summed E-state index contributed by atoms with van der Waals surface area (Å²) in [5, 5.41) is 2.95. The molecule has 36 heavy (non-hydrogen) atoms. The molecule has 0 radical (unpaired) electrons. The van der Waals surface area contributed by atoms with E-state index in [1.807, 2.05) is 38.1 Å². The average molecular weight is 528 g/mol. The van der Waals surface area contributed by atoms with E-state index in [1.165, 1.54) is 30.1 Å². The fraction of sp³-hybridized carbons (Fsp3) is 0.259. The second-order valence-corrected chi connectivity index (χ2v) is 10.8. The number of carbonyl (C=O) groups excluding carboxylic acids is 2. The summed E-state index contributed by atoms with van der Waals surface area (Å²) in [6.45, 7) is 5.01. The van der Waals surface area contributed by atoms with Crippen molar-refractivity contribution in [3.63, 3.8) is 0 Å². The van der Waals surface area contributed by atoms with E-state index < -0.39 is 28.5 Å². The predicted octanol–water partition coefficient (Wildman–Crippen LogP) is 4.32. The summed E-state index contributed by atoms with van der Waals surface area (Å²) >= 11 is 6.31. The van der Waals surface area contributed by atoms with Crippen molar-refractivity contribution >= 4 is 39.1 Å². The zero-order valence-electron chi connectivity index (χ0n) is 20.7. The number of aryl methyl sites for hydroxylation is 2. The highest BCUT2D eigenvalue weighted by Crippen LogP contribution is 2.28. The van der Waals surface area contributed by atoms with Crippen LogP contribution in [0.15, 0.2) is 77.7 Å². The largest absolute Gasteiger partial charge is 0.357 e. The molecule has 0 bridgehead atoms. The number of benzene rings is 3. The number of nitrogens with zero attached hydrogens (tertiary/aromatic N) is 2. The van der Waals surface area contributed by atoms with Gasteiger partial charge in [-0.1, -0.05) is 65.7 Å². The summed E-state index contributed by atoms with van der Waals surface area (Å²) in [5.41, 5.74) is 2.91. The molecule has 0 aliphatic rings. The second kappa shape index (κ2) is 11.6. The lowest BCUT2D eigenvalue weighted by Gasteiger charge is -2.32. The normalized spacial score (nSPS) is 12.0. The van der Waals surface area contributed by atoms with Crippen LogP contribution >= 0.6 is 11.6 Å². The second-order valence-electron chi connectivity index (χ2n) is 8.56. The third-order valence-electron chi connectivity index (χ3n) is 5.94. The molecule has 7 nitrogen and oxygen atoms in total. The summed E-state index contributed by atoms with van der Waals surface area (Å²) in [6.07, 6.45) is 0. The average Bonchev–Trinajstić information content (AvgIpc) is 2.88. The third-order valence-corrected chi connectivity index (χ3v) is 8.14. The van der Waals surface area contributed by atoms with Crippen LogP contribution in [0.5, 0.6) is 0 Å². The maximum absolute atomic E-state index is 13.7. The molecule has 0 aliphatic heterocycles. The molecule has 0 unspecified atom stereocenters. The number of rotatable bonds is 9. The topological polar surface area (TPSA) is 86.8 Å². The van der Waals surface area contributed by atoms with Crippen molar-refractivity contribution in [3.8, 4) is 0 Å². The molecule has 3 rings (SSSR count). The summed E-state index contributed by atoms with van der Waals surface area (Å²) < 4.78 is 28.4. The Morgan fingerprint density at radius 2 is 1.61 bits per heavy atom. The number of likely N-dealkylation sites (N-methyl/N-ethyl adjacent to an activating group) is 1. The first-order valence-electron chi connectivity index (χ1n) is 11.4. The number of nitrogens with one attached hydrogen (secondary N) is 1. The summed E-state index contributed by atoms with van der Waals surface area (Å²) in [5.74, 6) is -0.880. The van der Waals surface area contributed by atoms with E-state index in [0.717, 1.165) is 21.0 Å². The Hall–Kier alpha value is -3.36. The van der Waals surface area contributed by atoms with Crippen LogP contribution in [0.25, 0.3) is 0 Å². The van der Waals surface area contributed by atoms with Crippen LogP contribution in [0, 0.1) is 13.8 Å². The molecule has 9 heteroatoms. The van der Waals surface area contributed by atoms with E-state index in [0.29, 0.717) is 5.02 Å². The van der Waals surface area contributed by atoms with E-state index in [1.54, 1.807) is 37.3 Å². The van der Waals surface area contributed by atoms with Crippen LogP contribution in [0.3, 0.4) is 0 Å². The van der Waals surface area contributed by atoms with Crippen molar-refractivity contribution < 1.29 is 18.0 Å². The lowest BCUT2D eigenvalue weighted by molar-refractivity contribution is -0.139. The van der Waals surface area contributed by atoms with Gasteiger partial charge in [0.15, 0.2) is 0 Å². The maximum atomic E-state index is 13.7. The summed E-state index contributed by atoms with van der Waals surface area (Å²) in [6, 6.07) is 19.5. The van der Waals surface area contributed by atoms with Gasteiger partial charge in [0.25, 0.3) is 10.0 Å². The highest BCUT2D eigenvalue weighted by molar-refractivity contribution is 7.92. The van der Waals surface area contributed by atoms with Gasteiger partial charge in [0, 0.05) is 18.6 Å². The van der Waals surface area contributed by atoms with Gasteiger partial charge >= 0.3 is 0 Å². The Kier molecular flexibility index (Phi) is 8.76. The molecular formula is C27H30ClN3O4S. The molecule has 1 N–H and O–H groups in total. The summed E-state index contributed by atoms with van der Waals surface area (Å²) in [4.78, 5) is 27.6. The first-order valence-corrected chi connectivity index (χ1v) is 13.3. The number of carbonyl (C=O) groups is 2. The van der Waals surface area contributed by atoms with Gasteiger partial charge in [-0.2, -0.15) is 0 Å². The molecule has 0 aromatic heterocycles. The molecule has 0 saturated heterocycles. The molecule has 0 fully saturated rings. The minimum Gasteiger partial charge on any atom is -0.357 e. The number of amides is 2. The van der Waals surface area contributed by atoms with E-state index >= 15 is 0 Å². The van der Waals surface area contributed by atoms with Gasteiger partial charge in [0.1, 0.15) is 12.6 Å². The van der Waals surface area contributed by atoms with E-state index in [-0.39, 0.29) is 23.0 Å². The number of hydrogen-bond acceptors (Lipinski definition) is 4. The van der Waals surface area contributed by atoms with Crippen LogP contribution in [0.4, 0.5) is 5.69 Å². The van der Waals surface area contributed by atoms with Gasteiger partial charge in [0.05, 0.1) is 10.6 Å². The van der Waals surface area contributed by atoms with Crippen molar-refractivity contribution in [2.24, 2.45) is 0 Å². The molecule has 1 atom stereocenters. The van der Waals surface area contributed by atoms with Crippen LogP contribution in [-0.4, -0.2) is 44.8 Å². The van der Waals surface area contributed by atoms with Gasteiger partial charge in [-0.25, -0.2) is 8.42 Å². The highest BCUT2D eigenvalue weighted by atomic mass is 35.5. The number of hydrogen-bond donors (Lipinski definition) is 1. The van der Waals surface area contributed by atoms with Gasteiger partial charge in [-0.15, -0.1) is 0 Å². The molecule has 3 aromatic rings. The zero-order valence-corrected chi connectivity index (χ0v) is 22.3. The van der Waals surface area contributed by atoms with Crippen molar-refractivity contribution in [3.05, 3.63) is 94.5 Å². The summed E-state index contributed by atoms with van der Waals surface area (Å²) in [7, 11) is -2.62.